The van der Waals surface area contributed by atoms with Gasteiger partial charge in [0.1, 0.15) is 5.82 Å². The summed E-state index contributed by atoms with van der Waals surface area (Å²) in [6.07, 6.45) is 6.86. The fourth-order valence-corrected chi connectivity index (χ4v) is 3.39. The minimum Gasteiger partial charge on any atom is -0.370 e. The van der Waals surface area contributed by atoms with Crippen LogP contribution in [0, 0.1) is 5.92 Å². The Hall–Kier alpha value is -0.990. The second kappa shape index (κ2) is 4.29. The van der Waals surface area contributed by atoms with Gasteiger partial charge in [-0.2, -0.15) is 5.10 Å². The van der Waals surface area contributed by atoms with E-state index in [1.807, 2.05) is 0 Å². The van der Waals surface area contributed by atoms with E-state index >= 15 is 0 Å². The summed E-state index contributed by atoms with van der Waals surface area (Å²) in [4.78, 5) is 0. The maximum Gasteiger partial charge on any atom is 0.124 e. The average Bonchev–Trinajstić information content (AvgIpc) is 2.96. The van der Waals surface area contributed by atoms with Crippen LogP contribution < -0.4 is 5.32 Å². The molecular formula is C15H25N3. The van der Waals surface area contributed by atoms with Gasteiger partial charge in [-0.3, -0.25) is 0 Å². The number of fused-ring (bicyclic) bond motifs is 1. The molecule has 1 aromatic heterocycles. The zero-order chi connectivity index (χ0) is 12.8. The van der Waals surface area contributed by atoms with Crippen LogP contribution in [0.15, 0.2) is 6.07 Å². The molecule has 3 rings (SSSR count). The zero-order valence-electron chi connectivity index (χ0n) is 11.9. The number of nitrogens with one attached hydrogen (secondary N) is 1. The lowest BCUT2D eigenvalue weighted by Crippen LogP contribution is -2.28. The molecule has 0 saturated heterocycles. The average molecular weight is 247 g/mol. The van der Waals surface area contributed by atoms with Crippen LogP contribution in [0.3, 0.4) is 0 Å². The first-order valence-corrected chi connectivity index (χ1v) is 7.39. The highest BCUT2D eigenvalue weighted by Crippen LogP contribution is 2.40. The van der Waals surface area contributed by atoms with Crippen LogP contribution in [0.4, 0.5) is 5.82 Å². The van der Waals surface area contributed by atoms with Gasteiger partial charge in [0, 0.05) is 18.0 Å². The lowest BCUT2D eigenvalue weighted by Gasteiger charge is -2.30. The number of rotatable bonds is 1. The zero-order valence-corrected chi connectivity index (χ0v) is 11.9. The van der Waals surface area contributed by atoms with E-state index in [1.54, 1.807) is 0 Å². The standard InChI is InChI=1S/C15H25N3/c1-15(2,3)13-10-14-16-9-8-12(18(14)17-13)11-6-4-5-7-11/h10-12,16H,4-9H2,1-3H3. The minimum absolute atomic E-state index is 0.145. The molecule has 3 nitrogen and oxygen atoms in total. The van der Waals surface area contributed by atoms with Crippen LogP contribution in [0.25, 0.3) is 0 Å². The highest BCUT2D eigenvalue weighted by molar-refractivity contribution is 5.41. The van der Waals surface area contributed by atoms with Crippen molar-refractivity contribution in [3.63, 3.8) is 0 Å². The summed E-state index contributed by atoms with van der Waals surface area (Å²) < 4.78 is 2.29. The Bertz CT molecular complexity index is 421. The van der Waals surface area contributed by atoms with Gasteiger partial charge in [-0.25, -0.2) is 4.68 Å². The lowest BCUT2D eigenvalue weighted by molar-refractivity contribution is 0.287. The predicted molar refractivity (Wildman–Crippen MR) is 75.0 cm³/mol. The van der Waals surface area contributed by atoms with Crippen LogP contribution in [0.1, 0.15) is 64.6 Å². The smallest absolute Gasteiger partial charge is 0.124 e. The Morgan fingerprint density at radius 3 is 2.61 bits per heavy atom. The van der Waals surface area contributed by atoms with Crippen LogP contribution >= 0.6 is 0 Å². The summed E-state index contributed by atoms with van der Waals surface area (Å²) in [6, 6.07) is 2.89. The van der Waals surface area contributed by atoms with Gasteiger partial charge in [0.25, 0.3) is 0 Å². The van der Waals surface area contributed by atoms with Gasteiger partial charge in [0.15, 0.2) is 0 Å². The number of anilines is 1. The van der Waals surface area contributed by atoms with E-state index in [1.165, 1.54) is 43.6 Å². The minimum atomic E-state index is 0.145. The van der Waals surface area contributed by atoms with E-state index in [0.29, 0.717) is 6.04 Å². The van der Waals surface area contributed by atoms with Gasteiger partial charge in [-0.15, -0.1) is 0 Å². The maximum atomic E-state index is 4.90. The van der Waals surface area contributed by atoms with E-state index in [0.717, 1.165) is 12.5 Å². The fraction of sp³-hybridized carbons (Fsp3) is 0.800. The predicted octanol–water partition coefficient (Wildman–Crippen LogP) is 3.73. The molecule has 100 valence electrons. The first-order chi connectivity index (χ1) is 8.55. The van der Waals surface area contributed by atoms with Crippen molar-refractivity contribution >= 4 is 5.82 Å². The summed E-state index contributed by atoms with van der Waals surface area (Å²) in [5.41, 5.74) is 1.36. The fourth-order valence-electron chi connectivity index (χ4n) is 3.39. The lowest BCUT2D eigenvalue weighted by atomic mass is 9.92. The van der Waals surface area contributed by atoms with E-state index in [-0.39, 0.29) is 5.41 Å². The second-order valence-corrected chi connectivity index (χ2v) is 6.94. The molecule has 1 fully saturated rings. The highest BCUT2D eigenvalue weighted by atomic mass is 15.4. The summed E-state index contributed by atoms with van der Waals surface area (Å²) in [5, 5.41) is 8.41. The second-order valence-electron chi connectivity index (χ2n) is 6.94. The molecule has 1 aliphatic carbocycles. The molecule has 1 aromatic rings. The molecule has 0 aromatic carbocycles. The Kier molecular flexibility index (Phi) is 2.87. The van der Waals surface area contributed by atoms with E-state index < -0.39 is 0 Å². The third kappa shape index (κ3) is 2.04. The van der Waals surface area contributed by atoms with Gasteiger partial charge in [0.2, 0.25) is 0 Å². The van der Waals surface area contributed by atoms with Gasteiger partial charge in [-0.1, -0.05) is 33.6 Å². The van der Waals surface area contributed by atoms with Crippen LogP contribution in [-0.4, -0.2) is 16.3 Å². The van der Waals surface area contributed by atoms with E-state index in [4.69, 9.17) is 5.10 Å². The molecule has 0 radical (unpaired) electrons. The molecule has 0 bridgehead atoms. The van der Waals surface area contributed by atoms with Gasteiger partial charge < -0.3 is 5.32 Å². The van der Waals surface area contributed by atoms with Crippen molar-refractivity contribution in [2.75, 3.05) is 11.9 Å². The summed E-state index contributed by atoms with van der Waals surface area (Å²) in [5.74, 6) is 2.10. The molecule has 2 aliphatic rings. The van der Waals surface area contributed by atoms with E-state index in [9.17, 15) is 0 Å². The Balaban J connectivity index is 1.92. The SMILES string of the molecule is CC(C)(C)c1cc2n(n1)C(C1CCCC1)CCN2. The molecule has 1 atom stereocenters. The van der Waals surface area contributed by atoms with Crippen molar-refractivity contribution in [1.29, 1.82) is 0 Å². The summed E-state index contributed by atoms with van der Waals surface area (Å²) in [7, 11) is 0. The van der Waals surface area contributed by atoms with Crippen molar-refractivity contribution in [3.8, 4) is 0 Å². The number of aromatic nitrogens is 2. The number of hydrogen-bond acceptors (Lipinski definition) is 2. The monoisotopic (exact) mass is 247 g/mol. The molecular weight excluding hydrogens is 222 g/mol. The molecule has 0 amide bonds. The molecule has 1 N–H and O–H groups in total. The summed E-state index contributed by atoms with van der Waals surface area (Å²) >= 11 is 0. The van der Waals surface area contributed by atoms with Crippen molar-refractivity contribution in [2.45, 2.75) is 64.3 Å². The Morgan fingerprint density at radius 1 is 1.22 bits per heavy atom. The highest BCUT2D eigenvalue weighted by Gasteiger charge is 2.32. The molecule has 1 aliphatic heterocycles. The Morgan fingerprint density at radius 2 is 1.94 bits per heavy atom. The summed E-state index contributed by atoms with van der Waals surface area (Å²) in [6.45, 7) is 7.83. The molecule has 1 saturated carbocycles. The van der Waals surface area contributed by atoms with Gasteiger partial charge in [0.05, 0.1) is 11.7 Å². The van der Waals surface area contributed by atoms with E-state index in [2.05, 4.69) is 36.8 Å². The van der Waals surface area contributed by atoms with Crippen molar-refractivity contribution in [3.05, 3.63) is 11.8 Å². The first kappa shape index (κ1) is 12.1. The quantitative estimate of drug-likeness (QED) is 0.819. The Labute approximate surface area is 110 Å². The van der Waals surface area contributed by atoms with Crippen molar-refractivity contribution in [1.82, 2.24) is 9.78 Å². The van der Waals surface area contributed by atoms with Gasteiger partial charge in [-0.05, 0) is 25.2 Å². The normalized spacial score (nSPS) is 24.9. The third-order valence-corrected chi connectivity index (χ3v) is 4.51. The number of hydrogen-bond donors (Lipinski definition) is 1. The third-order valence-electron chi connectivity index (χ3n) is 4.51. The molecule has 2 heterocycles. The van der Waals surface area contributed by atoms with Crippen LogP contribution in [0.5, 0.6) is 0 Å². The number of nitrogens with zero attached hydrogens (tertiary/aromatic N) is 2. The van der Waals surface area contributed by atoms with Gasteiger partial charge >= 0.3 is 0 Å². The topological polar surface area (TPSA) is 29.9 Å². The van der Waals surface area contributed by atoms with Crippen LogP contribution in [-0.2, 0) is 5.41 Å². The first-order valence-electron chi connectivity index (χ1n) is 7.39. The molecule has 18 heavy (non-hydrogen) atoms. The molecule has 1 unspecified atom stereocenters. The molecule has 0 spiro atoms. The van der Waals surface area contributed by atoms with Crippen molar-refractivity contribution in [2.24, 2.45) is 5.92 Å². The largest absolute Gasteiger partial charge is 0.370 e. The molecule has 3 heteroatoms. The van der Waals surface area contributed by atoms with Crippen LogP contribution in [0.2, 0.25) is 0 Å². The maximum absolute atomic E-state index is 4.90. The van der Waals surface area contributed by atoms with Crippen molar-refractivity contribution < 1.29 is 0 Å².